The van der Waals surface area contributed by atoms with Gasteiger partial charge in [0.05, 0.1) is 19.2 Å². The van der Waals surface area contributed by atoms with Crippen molar-refractivity contribution < 1.29 is 14.2 Å². The Bertz CT molecular complexity index is 978. The van der Waals surface area contributed by atoms with E-state index in [4.69, 9.17) is 37.4 Å². The van der Waals surface area contributed by atoms with Crippen LogP contribution in [-0.4, -0.2) is 20.8 Å². The number of ether oxygens (including phenoxy) is 3. The number of rotatable bonds is 10. The zero-order chi connectivity index (χ0) is 21.3. The van der Waals surface area contributed by atoms with Crippen LogP contribution < -0.4 is 19.5 Å². The van der Waals surface area contributed by atoms with Crippen molar-refractivity contribution in [3.05, 3.63) is 87.4 Å². The van der Waals surface area contributed by atoms with E-state index in [-0.39, 0.29) is 0 Å². The molecule has 0 fully saturated rings. The van der Waals surface area contributed by atoms with Crippen molar-refractivity contribution >= 4 is 23.2 Å². The molecule has 0 aromatic heterocycles. The van der Waals surface area contributed by atoms with Gasteiger partial charge in [-0.3, -0.25) is 0 Å². The second-order valence-corrected chi connectivity index (χ2v) is 7.54. The van der Waals surface area contributed by atoms with Crippen molar-refractivity contribution in [2.24, 2.45) is 0 Å². The summed E-state index contributed by atoms with van der Waals surface area (Å²) in [5.41, 5.74) is 3.08. The number of halogens is 2. The molecule has 0 radical (unpaired) electrons. The first kappa shape index (κ1) is 22.3. The minimum atomic E-state index is 0.312. The minimum Gasteiger partial charge on any atom is -0.496 e. The van der Waals surface area contributed by atoms with E-state index in [2.05, 4.69) is 11.4 Å². The van der Waals surface area contributed by atoms with E-state index in [9.17, 15) is 0 Å². The first-order chi connectivity index (χ1) is 14.6. The summed E-state index contributed by atoms with van der Waals surface area (Å²) in [5, 5.41) is 4.60. The maximum atomic E-state index is 6.49. The third-order valence-electron chi connectivity index (χ3n) is 4.71. The lowest BCUT2D eigenvalue weighted by atomic mass is 10.1. The van der Waals surface area contributed by atoms with Gasteiger partial charge in [0.1, 0.15) is 12.4 Å². The SMILES string of the molecule is COc1ccccc1CCNCc1cc(Cl)c(OCc2ccccc2Cl)c(OC)c1. The predicted molar refractivity (Wildman–Crippen MR) is 122 cm³/mol. The van der Waals surface area contributed by atoms with Crippen LogP contribution in [0.2, 0.25) is 10.0 Å². The average Bonchev–Trinajstić information content (AvgIpc) is 2.77. The quantitative estimate of drug-likeness (QED) is 0.393. The minimum absolute atomic E-state index is 0.312. The topological polar surface area (TPSA) is 39.7 Å². The van der Waals surface area contributed by atoms with E-state index >= 15 is 0 Å². The number of para-hydroxylation sites is 1. The van der Waals surface area contributed by atoms with Crippen molar-refractivity contribution in [3.63, 3.8) is 0 Å². The molecule has 4 nitrogen and oxygen atoms in total. The molecule has 0 bridgehead atoms. The molecule has 1 N–H and O–H groups in total. The molecule has 158 valence electrons. The summed E-state index contributed by atoms with van der Waals surface area (Å²) in [6, 6.07) is 19.4. The fraction of sp³-hybridized carbons (Fsp3) is 0.250. The zero-order valence-corrected chi connectivity index (χ0v) is 18.6. The van der Waals surface area contributed by atoms with Crippen molar-refractivity contribution in [2.75, 3.05) is 20.8 Å². The Morgan fingerprint density at radius 3 is 2.23 bits per heavy atom. The van der Waals surface area contributed by atoms with Crippen LogP contribution in [0.5, 0.6) is 17.2 Å². The Balaban J connectivity index is 1.60. The van der Waals surface area contributed by atoms with E-state index in [0.29, 0.717) is 34.7 Å². The molecule has 3 rings (SSSR count). The number of benzene rings is 3. The number of hydrogen-bond donors (Lipinski definition) is 1. The van der Waals surface area contributed by atoms with Gasteiger partial charge in [-0.1, -0.05) is 59.6 Å². The van der Waals surface area contributed by atoms with E-state index in [1.54, 1.807) is 14.2 Å². The molecule has 0 unspecified atom stereocenters. The molecule has 0 aliphatic carbocycles. The van der Waals surface area contributed by atoms with Gasteiger partial charge >= 0.3 is 0 Å². The highest BCUT2D eigenvalue weighted by Gasteiger charge is 2.13. The number of methoxy groups -OCH3 is 2. The van der Waals surface area contributed by atoms with Crippen molar-refractivity contribution in [2.45, 2.75) is 19.6 Å². The normalized spacial score (nSPS) is 10.7. The maximum absolute atomic E-state index is 6.49. The van der Waals surface area contributed by atoms with Gasteiger partial charge in [0.2, 0.25) is 0 Å². The van der Waals surface area contributed by atoms with Gasteiger partial charge in [-0.25, -0.2) is 0 Å². The molecule has 0 saturated heterocycles. The van der Waals surface area contributed by atoms with Gasteiger partial charge in [0.15, 0.2) is 11.5 Å². The van der Waals surface area contributed by atoms with Crippen LogP contribution >= 0.6 is 23.2 Å². The van der Waals surface area contributed by atoms with Crippen LogP contribution in [-0.2, 0) is 19.6 Å². The maximum Gasteiger partial charge on any atom is 0.180 e. The molecule has 0 saturated carbocycles. The van der Waals surface area contributed by atoms with Crippen LogP contribution in [0.1, 0.15) is 16.7 Å². The summed E-state index contributed by atoms with van der Waals surface area (Å²) in [4.78, 5) is 0. The molecular weight excluding hydrogens is 421 g/mol. The van der Waals surface area contributed by atoms with Gasteiger partial charge in [-0.05, 0) is 48.4 Å². The van der Waals surface area contributed by atoms with Crippen molar-refractivity contribution in [1.82, 2.24) is 5.32 Å². The summed E-state index contributed by atoms with van der Waals surface area (Å²) < 4.78 is 16.8. The van der Waals surface area contributed by atoms with E-state index in [0.717, 1.165) is 29.8 Å². The Kier molecular flexibility index (Phi) is 8.26. The molecule has 30 heavy (non-hydrogen) atoms. The lowest BCUT2D eigenvalue weighted by Gasteiger charge is -2.15. The third-order valence-corrected chi connectivity index (χ3v) is 5.36. The fourth-order valence-electron chi connectivity index (χ4n) is 3.15. The molecule has 0 aliphatic rings. The van der Waals surface area contributed by atoms with Crippen LogP contribution in [0, 0.1) is 0 Å². The van der Waals surface area contributed by atoms with Gasteiger partial charge < -0.3 is 19.5 Å². The van der Waals surface area contributed by atoms with Crippen LogP contribution in [0.3, 0.4) is 0 Å². The Morgan fingerprint density at radius 1 is 0.800 bits per heavy atom. The lowest BCUT2D eigenvalue weighted by Crippen LogP contribution is -2.17. The van der Waals surface area contributed by atoms with Crippen molar-refractivity contribution in [1.29, 1.82) is 0 Å². The predicted octanol–water partition coefficient (Wildman–Crippen LogP) is 5.92. The monoisotopic (exact) mass is 445 g/mol. The highest BCUT2D eigenvalue weighted by molar-refractivity contribution is 6.32. The number of hydrogen-bond acceptors (Lipinski definition) is 4. The summed E-state index contributed by atoms with van der Waals surface area (Å²) in [7, 11) is 3.29. The van der Waals surface area contributed by atoms with E-state index < -0.39 is 0 Å². The fourth-order valence-corrected chi connectivity index (χ4v) is 3.62. The molecule has 0 heterocycles. The summed E-state index contributed by atoms with van der Waals surface area (Å²) in [5.74, 6) is 2.01. The Morgan fingerprint density at radius 2 is 1.50 bits per heavy atom. The summed E-state index contributed by atoms with van der Waals surface area (Å²) >= 11 is 12.7. The molecule has 3 aromatic carbocycles. The van der Waals surface area contributed by atoms with Gasteiger partial charge in [-0.2, -0.15) is 0 Å². The van der Waals surface area contributed by atoms with E-state index in [1.165, 1.54) is 5.56 Å². The lowest BCUT2D eigenvalue weighted by molar-refractivity contribution is 0.284. The highest BCUT2D eigenvalue weighted by atomic mass is 35.5. The van der Waals surface area contributed by atoms with Gasteiger partial charge in [0.25, 0.3) is 0 Å². The molecule has 3 aromatic rings. The zero-order valence-electron chi connectivity index (χ0n) is 17.1. The van der Waals surface area contributed by atoms with Crippen molar-refractivity contribution in [3.8, 4) is 17.2 Å². The molecule has 0 atom stereocenters. The van der Waals surface area contributed by atoms with Crippen LogP contribution in [0.4, 0.5) is 0 Å². The highest BCUT2D eigenvalue weighted by Crippen LogP contribution is 2.37. The van der Waals surface area contributed by atoms with Gasteiger partial charge in [-0.15, -0.1) is 0 Å². The Hall–Kier alpha value is -2.40. The smallest absolute Gasteiger partial charge is 0.180 e. The van der Waals surface area contributed by atoms with Crippen LogP contribution in [0.15, 0.2) is 60.7 Å². The summed E-state index contributed by atoms with van der Waals surface area (Å²) in [6.07, 6.45) is 0.869. The number of nitrogens with one attached hydrogen (secondary N) is 1. The molecule has 0 amide bonds. The first-order valence-electron chi connectivity index (χ1n) is 9.67. The molecule has 6 heteroatoms. The van der Waals surface area contributed by atoms with E-state index in [1.807, 2.05) is 54.6 Å². The second kappa shape index (κ2) is 11.1. The average molecular weight is 446 g/mol. The first-order valence-corrected chi connectivity index (χ1v) is 10.4. The molecule has 0 spiro atoms. The Labute approximate surface area is 187 Å². The molecule has 0 aliphatic heterocycles. The molecular formula is C24H25Cl2NO3. The largest absolute Gasteiger partial charge is 0.496 e. The second-order valence-electron chi connectivity index (χ2n) is 6.73. The third kappa shape index (κ3) is 5.82. The summed E-state index contributed by atoms with van der Waals surface area (Å²) in [6.45, 7) is 1.79. The standard InChI is InChI=1S/C24H25Cl2NO3/c1-28-22-10-6-4-7-18(22)11-12-27-15-17-13-21(26)24(23(14-17)29-2)30-16-19-8-3-5-9-20(19)25/h3-10,13-14,27H,11-12,15-16H2,1-2H3. The van der Waals surface area contributed by atoms with Crippen LogP contribution in [0.25, 0.3) is 0 Å². The van der Waals surface area contributed by atoms with Gasteiger partial charge in [0, 0.05) is 17.1 Å².